The summed E-state index contributed by atoms with van der Waals surface area (Å²) in [5.74, 6) is -0.272. The molecule has 1 heterocycles. The molecule has 1 aromatic heterocycles. The normalized spacial score (nSPS) is 12.5. The molecule has 0 saturated carbocycles. The molecule has 0 aliphatic rings. The van der Waals surface area contributed by atoms with E-state index in [2.05, 4.69) is 9.98 Å². The van der Waals surface area contributed by atoms with E-state index in [1.54, 1.807) is 18.2 Å². The molecule has 3 nitrogen and oxygen atoms in total. The molecule has 0 spiro atoms. The van der Waals surface area contributed by atoms with Gasteiger partial charge in [-0.3, -0.25) is 4.79 Å². The van der Waals surface area contributed by atoms with E-state index in [-0.39, 0.29) is 11.4 Å². The summed E-state index contributed by atoms with van der Waals surface area (Å²) < 4.78 is 13.0. The predicted octanol–water partition coefficient (Wildman–Crippen LogP) is 4.39. The van der Waals surface area contributed by atoms with Crippen molar-refractivity contribution < 1.29 is 4.39 Å². The lowest BCUT2D eigenvalue weighted by Crippen LogP contribution is -2.06. The van der Waals surface area contributed by atoms with Gasteiger partial charge in [0.2, 0.25) is 5.56 Å². The quantitative estimate of drug-likeness (QED) is 0.518. The van der Waals surface area contributed by atoms with Crippen LogP contribution in [0.5, 0.6) is 0 Å². The van der Waals surface area contributed by atoms with Gasteiger partial charge in [0, 0.05) is 6.07 Å². The minimum Gasteiger partial charge on any atom is -0.317 e. The van der Waals surface area contributed by atoms with E-state index < -0.39 is 0 Å². The number of allylic oxidation sites excluding steroid dienone is 1. The summed E-state index contributed by atoms with van der Waals surface area (Å²) in [6.45, 7) is 5.69. The Hall–Kier alpha value is -2.14. The number of nitrogens with zero attached hydrogens (tertiary/aromatic N) is 1. The van der Waals surface area contributed by atoms with Gasteiger partial charge in [-0.25, -0.2) is 9.38 Å². The largest absolute Gasteiger partial charge is 0.317 e. The minimum atomic E-state index is -0.272. The van der Waals surface area contributed by atoms with E-state index >= 15 is 0 Å². The van der Waals surface area contributed by atoms with Crippen molar-refractivity contribution in [3.05, 3.63) is 69.8 Å². The van der Waals surface area contributed by atoms with Crippen LogP contribution in [0.2, 0.25) is 0 Å². The number of H-pyrrole nitrogens is 1. The molecular formula is C17H17FN2OS. The van der Waals surface area contributed by atoms with Gasteiger partial charge in [0.1, 0.15) is 5.82 Å². The first kappa shape index (κ1) is 16.2. The zero-order valence-electron chi connectivity index (χ0n) is 12.7. The number of aromatic nitrogens is 1. The molecule has 0 aliphatic heterocycles. The summed E-state index contributed by atoms with van der Waals surface area (Å²) in [4.78, 5) is 18.8. The lowest BCUT2D eigenvalue weighted by atomic mass is 10.1. The van der Waals surface area contributed by atoms with Crippen LogP contribution in [0.4, 0.5) is 4.39 Å². The minimum absolute atomic E-state index is 0.134. The van der Waals surface area contributed by atoms with Gasteiger partial charge in [0.25, 0.3) is 0 Å². The van der Waals surface area contributed by atoms with Crippen LogP contribution in [0.3, 0.4) is 0 Å². The van der Waals surface area contributed by atoms with Crippen LogP contribution in [-0.2, 0) is 0 Å². The van der Waals surface area contributed by atoms with Crippen molar-refractivity contribution in [1.29, 1.82) is 0 Å². The van der Waals surface area contributed by atoms with Gasteiger partial charge in [-0.05, 0) is 56.2 Å². The Kier molecular flexibility index (Phi) is 5.33. The lowest BCUT2D eigenvalue weighted by Gasteiger charge is -2.06. The molecule has 0 aliphatic carbocycles. The number of nitrogens with one attached hydrogen (secondary N) is 1. The van der Waals surface area contributed by atoms with Crippen LogP contribution < -0.4 is 5.56 Å². The smallest absolute Gasteiger partial charge is 0.248 e. The third-order valence-corrected chi connectivity index (χ3v) is 4.04. The van der Waals surface area contributed by atoms with Crippen molar-refractivity contribution in [3.8, 4) is 0 Å². The zero-order valence-corrected chi connectivity index (χ0v) is 13.5. The van der Waals surface area contributed by atoms with Gasteiger partial charge in [-0.1, -0.05) is 23.9 Å². The van der Waals surface area contributed by atoms with Crippen molar-refractivity contribution in [3.63, 3.8) is 0 Å². The molecule has 0 bridgehead atoms. The standard InChI is InChI=1S/C17H17FN2OS/c1-4-15(13-6-8-14(18)9-7-13)19-12(3)22-17-11(2)5-10-16(21)20-17/h4-10H,1-3H3,(H,20,21)/b15-4-,19-12?. The highest BCUT2D eigenvalue weighted by molar-refractivity contribution is 8.13. The molecule has 22 heavy (non-hydrogen) atoms. The van der Waals surface area contributed by atoms with Crippen molar-refractivity contribution in [2.45, 2.75) is 25.8 Å². The molecule has 0 saturated heterocycles. The number of aryl methyl sites for hydroxylation is 1. The molecule has 2 aromatic rings. The monoisotopic (exact) mass is 316 g/mol. The van der Waals surface area contributed by atoms with Crippen LogP contribution >= 0.6 is 11.8 Å². The first-order chi connectivity index (χ1) is 10.5. The molecule has 114 valence electrons. The van der Waals surface area contributed by atoms with Gasteiger partial charge in [0.05, 0.1) is 15.8 Å². The highest BCUT2D eigenvalue weighted by Gasteiger charge is 2.05. The topological polar surface area (TPSA) is 45.2 Å². The third kappa shape index (κ3) is 4.18. The summed E-state index contributed by atoms with van der Waals surface area (Å²) in [6, 6.07) is 9.50. The van der Waals surface area contributed by atoms with Gasteiger partial charge in [-0.2, -0.15) is 0 Å². The fourth-order valence-electron chi connectivity index (χ4n) is 1.89. The zero-order chi connectivity index (χ0) is 16.1. The summed E-state index contributed by atoms with van der Waals surface area (Å²) in [6.07, 6.45) is 1.87. The molecule has 2 rings (SSSR count). The molecule has 1 aromatic carbocycles. The fraction of sp³-hybridized carbons (Fsp3) is 0.176. The van der Waals surface area contributed by atoms with Crippen molar-refractivity contribution in [1.82, 2.24) is 4.98 Å². The van der Waals surface area contributed by atoms with Gasteiger partial charge in [-0.15, -0.1) is 0 Å². The average Bonchev–Trinajstić information content (AvgIpc) is 2.49. The van der Waals surface area contributed by atoms with E-state index in [9.17, 15) is 9.18 Å². The number of pyridine rings is 1. The molecule has 0 radical (unpaired) electrons. The second-order valence-corrected chi connectivity index (χ2v) is 5.95. The highest BCUT2D eigenvalue weighted by atomic mass is 32.2. The molecule has 0 atom stereocenters. The maximum absolute atomic E-state index is 13.0. The molecular weight excluding hydrogens is 299 g/mol. The molecule has 0 fully saturated rings. The van der Waals surface area contributed by atoms with Crippen molar-refractivity contribution >= 4 is 22.5 Å². The summed E-state index contributed by atoms with van der Waals surface area (Å²) in [5.41, 5.74) is 2.47. The van der Waals surface area contributed by atoms with Gasteiger partial charge in [0.15, 0.2) is 0 Å². The Morgan fingerprint density at radius 3 is 2.55 bits per heavy atom. The second kappa shape index (κ2) is 7.22. The first-order valence-corrected chi connectivity index (χ1v) is 7.66. The van der Waals surface area contributed by atoms with E-state index in [1.807, 2.05) is 26.8 Å². The Morgan fingerprint density at radius 2 is 1.91 bits per heavy atom. The van der Waals surface area contributed by atoms with E-state index in [1.165, 1.54) is 30.0 Å². The Balaban J connectivity index is 2.25. The number of thioether (sulfide) groups is 1. The predicted molar refractivity (Wildman–Crippen MR) is 90.8 cm³/mol. The maximum Gasteiger partial charge on any atom is 0.248 e. The first-order valence-electron chi connectivity index (χ1n) is 6.85. The molecule has 5 heteroatoms. The molecule has 0 unspecified atom stereocenters. The number of rotatable bonds is 3. The number of aliphatic imine (C=N–C) groups is 1. The highest BCUT2D eigenvalue weighted by Crippen LogP contribution is 2.23. The number of halogens is 1. The number of hydrogen-bond donors (Lipinski definition) is 1. The number of benzene rings is 1. The average molecular weight is 316 g/mol. The van der Waals surface area contributed by atoms with Gasteiger partial charge < -0.3 is 4.98 Å². The van der Waals surface area contributed by atoms with Crippen LogP contribution in [-0.4, -0.2) is 10.0 Å². The van der Waals surface area contributed by atoms with Crippen LogP contribution in [0.25, 0.3) is 5.70 Å². The molecule has 1 N–H and O–H groups in total. The Morgan fingerprint density at radius 1 is 1.23 bits per heavy atom. The van der Waals surface area contributed by atoms with Crippen LogP contribution in [0.1, 0.15) is 25.0 Å². The third-order valence-electron chi connectivity index (χ3n) is 3.02. The fourth-order valence-corrected chi connectivity index (χ4v) is 2.71. The van der Waals surface area contributed by atoms with Crippen LogP contribution in [0.15, 0.2) is 57.3 Å². The van der Waals surface area contributed by atoms with Crippen molar-refractivity contribution in [2.24, 2.45) is 4.99 Å². The summed E-state index contributed by atoms with van der Waals surface area (Å²) in [7, 11) is 0. The lowest BCUT2D eigenvalue weighted by molar-refractivity contribution is 0.627. The van der Waals surface area contributed by atoms with E-state index in [0.717, 1.165) is 26.9 Å². The Labute approximate surface area is 133 Å². The Bertz CT molecular complexity index is 776. The SMILES string of the molecule is C/C=C(\N=C(C)Sc1[nH]c(=O)ccc1C)c1ccc(F)cc1. The number of aromatic amines is 1. The van der Waals surface area contributed by atoms with E-state index in [4.69, 9.17) is 0 Å². The van der Waals surface area contributed by atoms with Crippen LogP contribution in [0, 0.1) is 12.7 Å². The summed E-state index contributed by atoms with van der Waals surface area (Å²) in [5, 5.41) is 1.57. The molecule has 0 amide bonds. The van der Waals surface area contributed by atoms with E-state index in [0.29, 0.717) is 0 Å². The second-order valence-electron chi connectivity index (χ2n) is 4.75. The number of hydrogen-bond acceptors (Lipinski definition) is 3. The van der Waals surface area contributed by atoms with Gasteiger partial charge >= 0.3 is 0 Å². The summed E-state index contributed by atoms with van der Waals surface area (Å²) >= 11 is 1.41. The maximum atomic E-state index is 13.0. The van der Waals surface area contributed by atoms with Crippen molar-refractivity contribution in [2.75, 3.05) is 0 Å².